The first-order chi connectivity index (χ1) is 9.54. The van der Waals surface area contributed by atoms with E-state index in [1.807, 2.05) is 0 Å². The third kappa shape index (κ3) is 3.33. The Kier molecular flexibility index (Phi) is 5.06. The van der Waals surface area contributed by atoms with Gasteiger partial charge in [0, 0.05) is 13.0 Å². The first-order valence-electron chi connectivity index (χ1n) is 8.08. The lowest BCUT2D eigenvalue weighted by Gasteiger charge is -2.42. The molecule has 0 radical (unpaired) electrons. The highest BCUT2D eigenvalue weighted by molar-refractivity contribution is 5.87. The molecule has 2 rings (SSSR count). The van der Waals surface area contributed by atoms with Gasteiger partial charge in [0.2, 0.25) is 5.91 Å². The molecule has 1 saturated heterocycles. The Morgan fingerprint density at radius 2 is 1.75 bits per heavy atom. The molecular weight excluding hydrogens is 254 g/mol. The third-order valence-electron chi connectivity index (χ3n) is 5.09. The summed E-state index contributed by atoms with van der Waals surface area (Å²) >= 11 is 0. The molecule has 0 bridgehead atoms. The number of carboxylic acid groups (broad SMARTS) is 1. The molecule has 4 heteroatoms. The van der Waals surface area contributed by atoms with Crippen molar-refractivity contribution >= 4 is 11.9 Å². The van der Waals surface area contributed by atoms with Gasteiger partial charge < -0.3 is 10.0 Å². The highest BCUT2D eigenvalue weighted by atomic mass is 16.4. The van der Waals surface area contributed by atoms with Gasteiger partial charge in [0.15, 0.2) is 0 Å². The largest absolute Gasteiger partial charge is 0.480 e. The van der Waals surface area contributed by atoms with Crippen molar-refractivity contribution in [2.75, 3.05) is 6.54 Å². The lowest BCUT2D eigenvalue weighted by atomic mass is 9.87. The maximum absolute atomic E-state index is 12.6. The Morgan fingerprint density at radius 3 is 2.35 bits per heavy atom. The molecule has 2 fully saturated rings. The van der Waals surface area contributed by atoms with E-state index in [1.54, 1.807) is 11.8 Å². The van der Waals surface area contributed by atoms with Crippen LogP contribution in [0.5, 0.6) is 0 Å². The van der Waals surface area contributed by atoms with Gasteiger partial charge in [-0.2, -0.15) is 0 Å². The van der Waals surface area contributed by atoms with Crippen molar-refractivity contribution in [2.24, 2.45) is 5.92 Å². The summed E-state index contributed by atoms with van der Waals surface area (Å²) in [5.41, 5.74) is -0.986. The fraction of sp³-hybridized carbons (Fsp3) is 0.875. The zero-order valence-corrected chi connectivity index (χ0v) is 12.6. The fourth-order valence-corrected chi connectivity index (χ4v) is 3.67. The van der Waals surface area contributed by atoms with Crippen LogP contribution in [0.1, 0.15) is 71.1 Å². The van der Waals surface area contributed by atoms with Crippen molar-refractivity contribution < 1.29 is 14.7 Å². The summed E-state index contributed by atoms with van der Waals surface area (Å²) in [6.07, 6.45) is 10.2. The van der Waals surface area contributed by atoms with Gasteiger partial charge in [-0.25, -0.2) is 4.79 Å². The molecule has 1 aliphatic heterocycles. The number of amides is 1. The molecule has 0 spiro atoms. The number of carbonyl (C=O) groups is 2. The molecular formula is C16H27NO3. The number of hydrogen-bond acceptors (Lipinski definition) is 2. The van der Waals surface area contributed by atoms with E-state index < -0.39 is 11.5 Å². The molecule has 20 heavy (non-hydrogen) atoms. The topological polar surface area (TPSA) is 57.6 Å². The minimum absolute atomic E-state index is 0.0569. The summed E-state index contributed by atoms with van der Waals surface area (Å²) in [6, 6.07) is 0. The summed E-state index contributed by atoms with van der Waals surface area (Å²) in [5, 5.41) is 9.47. The summed E-state index contributed by atoms with van der Waals surface area (Å²) in [5.74, 6) is -0.335. The molecule has 1 atom stereocenters. The van der Waals surface area contributed by atoms with Gasteiger partial charge in [0.25, 0.3) is 0 Å². The fourth-order valence-electron chi connectivity index (χ4n) is 3.67. The van der Waals surface area contributed by atoms with E-state index in [0.29, 0.717) is 25.3 Å². The van der Waals surface area contributed by atoms with Crippen molar-refractivity contribution in [3.05, 3.63) is 0 Å². The molecule has 1 heterocycles. The van der Waals surface area contributed by atoms with Gasteiger partial charge in [-0.3, -0.25) is 4.79 Å². The van der Waals surface area contributed by atoms with E-state index in [1.165, 1.54) is 25.7 Å². The van der Waals surface area contributed by atoms with Gasteiger partial charge in [-0.15, -0.1) is 0 Å². The number of rotatable bonds is 3. The van der Waals surface area contributed by atoms with E-state index in [-0.39, 0.29) is 5.91 Å². The van der Waals surface area contributed by atoms with E-state index in [2.05, 4.69) is 0 Å². The second-order valence-corrected chi connectivity index (χ2v) is 6.64. The molecule has 4 nitrogen and oxygen atoms in total. The number of carboxylic acids is 1. The Morgan fingerprint density at radius 1 is 1.10 bits per heavy atom. The van der Waals surface area contributed by atoms with Gasteiger partial charge in [-0.1, -0.05) is 25.7 Å². The molecule has 1 N–H and O–H groups in total. The zero-order chi connectivity index (χ0) is 14.6. The van der Waals surface area contributed by atoms with Crippen LogP contribution in [0, 0.1) is 5.92 Å². The van der Waals surface area contributed by atoms with E-state index in [0.717, 1.165) is 25.7 Å². The Hall–Kier alpha value is -1.06. The van der Waals surface area contributed by atoms with Crippen LogP contribution < -0.4 is 0 Å². The van der Waals surface area contributed by atoms with Gasteiger partial charge in [0.1, 0.15) is 5.54 Å². The number of hydrogen-bond donors (Lipinski definition) is 1. The van der Waals surface area contributed by atoms with E-state index in [4.69, 9.17) is 0 Å². The van der Waals surface area contributed by atoms with Crippen LogP contribution in [0.2, 0.25) is 0 Å². The SMILES string of the molecule is CC1(C(=O)O)CCCCN1C(=O)CC1CCCCCC1. The number of piperidine rings is 1. The minimum Gasteiger partial charge on any atom is -0.480 e. The van der Waals surface area contributed by atoms with Crippen LogP contribution in [0.25, 0.3) is 0 Å². The summed E-state index contributed by atoms with van der Waals surface area (Å²) in [6.45, 7) is 2.31. The smallest absolute Gasteiger partial charge is 0.329 e. The van der Waals surface area contributed by atoms with Crippen molar-refractivity contribution in [1.29, 1.82) is 0 Å². The summed E-state index contributed by atoms with van der Waals surface area (Å²) in [4.78, 5) is 25.7. The van der Waals surface area contributed by atoms with Gasteiger partial charge >= 0.3 is 5.97 Å². The van der Waals surface area contributed by atoms with Crippen molar-refractivity contribution in [3.8, 4) is 0 Å². The average Bonchev–Trinajstić information content (AvgIpc) is 2.67. The number of aliphatic carboxylic acids is 1. The maximum atomic E-state index is 12.6. The first kappa shape index (κ1) is 15.3. The van der Waals surface area contributed by atoms with Crippen molar-refractivity contribution in [2.45, 2.75) is 76.7 Å². The lowest BCUT2D eigenvalue weighted by molar-refractivity contribution is -0.161. The van der Waals surface area contributed by atoms with Crippen LogP contribution in [-0.4, -0.2) is 34.0 Å². The average molecular weight is 281 g/mol. The summed E-state index contributed by atoms with van der Waals surface area (Å²) in [7, 11) is 0. The van der Waals surface area contributed by atoms with Crippen LogP contribution in [-0.2, 0) is 9.59 Å². The molecule has 0 aromatic rings. The molecule has 1 aliphatic carbocycles. The highest BCUT2D eigenvalue weighted by Crippen LogP contribution is 2.31. The van der Waals surface area contributed by atoms with Crippen LogP contribution in [0.3, 0.4) is 0 Å². The third-order valence-corrected chi connectivity index (χ3v) is 5.09. The Bertz CT molecular complexity index is 361. The number of likely N-dealkylation sites (tertiary alicyclic amines) is 1. The van der Waals surface area contributed by atoms with E-state index in [9.17, 15) is 14.7 Å². The standard InChI is InChI=1S/C16H27NO3/c1-16(15(19)20)10-6-7-11-17(16)14(18)12-13-8-4-2-3-5-9-13/h13H,2-12H2,1H3,(H,19,20). The highest BCUT2D eigenvalue weighted by Gasteiger charge is 2.43. The molecule has 1 amide bonds. The normalized spacial score (nSPS) is 28.9. The maximum Gasteiger partial charge on any atom is 0.329 e. The van der Waals surface area contributed by atoms with Crippen LogP contribution in [0.4, 0.5) is 0 Å². The molecule has 0 aromatic carbocycles. The van der Waals surface area contributed by atoms with Gasteiger partial charge in [-0.05, 0) is 44.9 Å². The van der Waals surface area contributed by atoms with E-state index >= 15 is 0 Å². The second kappa shape index (κ2) is 6.59. The number of carbonyl (C=O) groups excluding carboxylic acids is 1. The molecule has 114 valence electrons. The van der Waals surface area contributed by atoms with Crippen LogP contribution >= 0.6 is 0 Å². The van der Waals surface area contributed by atoms with Crippen molar-refractivity contribution in [1.82, 2.24) is 4.90 Å². The predicted octanol–water partition coefficient (Wildman–Crippen LogP) is 3.20. The van der Waals surface area contributed by atoms with Crippen molar-refractivity contribution in [3.63, 3.8) is 0 Å². The monoisotopic (exact) mass is 281 g/mol. The molecule has 0 aromatic heterocycles. The summed E-state index contributed by atoms with van der Waals surface area (Å²) < 4.78 is 0. The second-order valence-electron chi connectivity index (χ2n) is 6.64. The molecule has 1 saturated carbocycles. The Labute approximate surface area is 121 Å². The quantitative estimate of drug-likeness (QED) is 0.808. The zero-order valence-electron chi connectivity index (χ0n) is 12.6. The van der Waals surface area contributed by atoms with Gasteiger partial charge in [0.05, 0.1) is 0 Å². The van der Waals surface area contributed by atoms with Crippen LogP contribution in [0.15, 0.2) is 0 Å². The molecule has 1 unspecified atom stereocenters. The minimum atomic E-state index is -0.986. The molecule has 2 aliphatic rings. The number of nitrogens with zero attached hydrogens (tertiary/aromatic N) is 1. The predicted molar refractivity (Wildman–Crippen MR) is 77.4 cm³/mol. The first-order valence-corrected chi connectivity index (χ1v) is 8.08. The Balaban J connectivity index is 2.00. The lowest BCUT2D eigenvalue weighted by Crippen LogP contribution is -2.57.